The molecular formula is C12H19N3O2S. The molecule has 0 aliphatic heterocycles. The fourth-order valence-corrected chi connectivity index (χ4v) is 2.74. The number of rotatable bonds is 6. The predicted molar refractivity (Wildman–Crippen MR) is 70.6 cm³/mol. The number of carbonyl (C=O) groups is 1. The lowest BCUT2D eigenvalue weighted by Crippen LogP contribution is -2.39. The number of aryl methyl sites for hydroxylation is 1. The lowest BCUT2D eigenvalue weighted by molar-refractivity contribution is 0.233. The van der Waals surface area contributed by atoms with Crippen LogP contribution in [0.1, 0.15) is 36.0 Å². The van der Waals surface area contributed by atoms with Gasteiger partial charge < -0.3 is 15.7 Å². The fraction of sp³-hybridized carbons (Fsp3) is 0.667. The molecule has 0 aromatic carbocycles. The number of aromatic nitrogens is 1. The number of aliphatic hydroxyl groups excluding tert-OH is 1. The molecule has 1 atom stereocenters. The molecule has 100 valence electrons. The molecule has 1 heterocycles. The average Bonchev–Trinajstić information content (AvgIpc) is 3.09. The van der Waals surface area contributed by atoms with Crippen LogP contribution in [0.3, 0.4) is 0 Å². The van der Waals surface area contributed by atoms with Gasteiger partial charge >= 0.3 is 6.03 Å². The first-order valence-electron chi connectivity index (χ1n) is 6.28. The van der Waals surface area contributed by atoms with Crippen LogP contribution in [0.25, 0.3) is 0 Å². The number of aliphatic hydroxyl groups is 1. The Hall–Kier alpha value is -1.14. The molecule has 1 unspecified atom stereocenters. The second-order valence-corrected chi connectivity index (χ2v) is 5.51. The SMILES string of the molecule is Cc1csc(C(NC(=O)NCCCO)C2CC2)n1. The van der Waals surface area contributed by atoms with Gasteiger partial charge in [0, 0.05) is 24.2 Å². The Morgan fingerprint density at radius 3 is 3.00 bits per heavy atom. The van der Waals surface area contributed by atoms with Crippen molar-refractivity contribution in [1.29, 1.82) is 0 Å². The van der Waals surface area contributed by atoms with Gasteiger partial charge in [-0.1, -0.05) is 0 Å². The molecule has 1 aromatic rings. The predicted octanol–water partition coefficient (Wildman–Crippen LogP) is 1.58. The zero-order valence-corrected chi connectivity index (χ0v) is 11.3. The number of hydrogen-bond acceptors (Lipinski definition) is 4. The molecule has 2 rings (SSSR count). The van der Waals surface area contributed by atoms with Gasteiger partial charge in [0.1, 0.15) is 5.01 Å². The molecule has 1 aromatic heterocycles. The number of hydrogen-bond donors (Lipinski definition) is 3. The second-order valence-electron chi connectivity index (χ2n) is 4.62. The van der Waals surface area contributed by atoms with Gasteiger partial charge in [0.25, 0.3) is 0 Å². The monoisotopic (exact) mass is 269 g/mol. The van der Waals surface area contributed by atoms with Crippen LogP contribution in [-0.2, 0) is 0 Å². The van der Waals surface area contributed by atoms with Crippen LogP contribution in [0.5, 0.6) is 0 Å². The summed E-state index contributed by atoms with van der Waals surface area (Å²) >= 11 is 1.60. The second kappa shape index (κ2) is 6.15. The summed E-state index contributed by atoms with van der Waals surface area (Å²) in [5.41, 5.74) is 1.00. The molecule has 0 saturated heterocycles. The topological polar surface area (TPSA) is 74.2 Å². The van der Waals surface area contributed by atoms with Crippen LogP contribution in [0.4, 0.5) is 4.79 Å². The molecule has 6 heteroatoms. The molecule has 0 bridgehead atoms. The van der Waals surface area contributed by atoms with E-state index < -0.39 is 0 Å². The Bertz CT molecular complexity index is 404. The van der Waals surface area contributed by atoms with Crippen LogP contribution < -0.4 is 10.6 Å². The third-order valence-electron chi connectivity index (χ3n) is 2.90. The summed E-state index contributed by atoms with van der Waals surface area (Å²) in [6.45, 7) is 2.56. The van der Waals surface area contributed by atoms with Gasteiger partial charge in [0.2, 0.25) is 0 Å². The van der Waals surface area contributed by atoms with E-state index in [0.717, 1.165) is 23.5 Å². The summed E-state index contributed by atoms with van der Waals surface area (Å²) in [5.74, 6) is 0.527. The normalized spacial score (nSPS) is 16.3. The van der Waals surface area contributed by atoms with Crippen LogP contribution in [0.15, 0.2) is 5.38 Å². The van der Waals surface area contributed by atoms with Gasteiger partial charge in [-0.3, -0.25) is 0 Å². The number of nitrogens with one attached hydrogen (secondary N) is 2. The molecule has 2 amide bonds. The average molecular weight is 269 g/mol. The molecule has 5 nitrogen and oxygen atoms in total. The molecule has 1 aliphatic carbocycles. The molecule has 1 saturated carbocycles. The minimum atomic E-state index is -0.173. The zero-order chi connectivity index (χ0) is 13.0. The maximum absolute atomic E-state index is 11.7. The smallest absolute Gasteiger partial charge is 0.315 e. The van der Waals surface area contributed by atoms with E-state index in [4.69, 9.17) is 5.11 Å². The van der Waals surface area contributed by atoms with Crippen molar-refractivity contribution in [2.24, 2.45) is 5.92 Å². The summed E-state index contributed by atoms with van der Waals surface area (Å²) in [7, 11) is 0. The Morgan fingerprint density at radius 1 is 1.67 bits per heavy atom. The van der Waals surface area contributed by atoms with E-state index in [-0.39, 0.29) is 18.7 Å². The van der Waals surface area contributed by atoms with E-state index in [2.05, 4.69) is 15.6 Å². The Labute approximate surface area is 111 Å². The van der Waals surface area contributed by atoms with Crippen molar-refractivity contribution in [3.05, 3.63) is 16.1 Å². The van der Waals surface area contributed by atoms with Crippen molar-refractivity contribution >= 4 is 17.4 Å². The van der Waals surface area contributed by atoms with E-state index in [0.29, 0.717) is 18.9 Å². The third kappa shape index (κ3) is 3.68. The van der Waals surface area contributed by atoms with Crippen molar-refractivity contribution < 1.29 is 9.90 Å². The van der Waals surface area contributed by atoms with Gasteiger partial charge in [0.05, 0.1) is 6.04 Å². The maximum Gasteiger partial charge on any atom is 0.315 e. The van der Waals surface area contributed by atoms with Gasteiger partial charge in [0.15, 0.2) is 0 Å². The van der Waals surface area contributed by atoms with Gasteiger partial charge in [-0.25, -0.2) is 9.78 Å². The molecule has 0 spiro atoms. The lowest BCUT2D eigenvalue weighted by atomic mass is 10.2. The van der Waals surface area contributed by atoms with Crippen molar-refractivity contribution in [1.82, 2.24) is 15.6 Å². The van der Waals surface area contributed by atoms with Crippen molar-refractivity contribution in [2.45, 2.75) is 32.2 Å². The third-order valence-corrected chi connectivity index (χ3v) is 3.95. The number of amides is 2. The number of carbonyl (C=O) groups excluding carboxylic acids is 1. The zero-order valence-electron chi connectivity index (χ0n) is 10.5. The fourth-order valence-electron chi connectivity index (χ4n) is 1.80. The minimum Gasteiger partial charge on any atom is -0.396 e. The first-order chi connectivity index (χ1) is 8.70. The summed E-state index contributed by atoms with van der Waals surface area (Å²) < 4.78 is 0. The van der Waals surface area contributed by atoms with Gasteiger partial charge in [-0.2, -0.15) is 0 Å². The first kappa shape index (κ1) is 13.3. The maximum atomic E-state index is 11.7. The number of urea groups is 1. The Balaban J connectivity index is 1.89. The van der Waals surface area contributed by atoms with E-state index >= 15 is 0 Å². The number of nitrogens with zero attached hydrogens (tertiary/aromatic N) is 1. The largest absolute Gasteiger partial charge is 0.396 e. The quantitative estimate of drug-likeness (QED) is 0.686. The van der Waals surface area contributed by atoms with Crippen molar-refractivity contribution in [3.8, 4) is 0 Å². The first-order valence-corrected chi connectivity index (χ1v) is 7.16. The summed E-state index contributed by atoms with van der Waals surface area (Å²) in [6.07, 6.45) is 2.89. The van der Waals surface area contributed by atoms with Gasteiger partial charge in [-0.05, 0) is 32.1 Å². The standard InChI is InChI=1S/C12H19N3O2S/c1-8-7-18-11(14-8)10(9-3-4-9)15-12(17)13-5-2-6-16/h7,9-10,16H,2-6H2,1H3,(H2,13,15,17). The Kier molecular flexibility index (Phi) is 4.54. The highest BCUT2D eigenvalue weighted by atomic mass is 32.1. The Morgan fingerprint density at radius 2 is 2.44 bits per heavy atom. The highest BCUT2D eigenvalue weighted by molar-refractivity contribution is 7.09. The van der Waals surface area contributed by atoms with E-state index in [9.17, 15) is 4.79 Å². The van der Waals surface area contributed by atoms with Crippen LogP contribution in [-0.4, -0.2) is 29.3 Å². The molecule has 3 N–H and O–H groups in total. The highest BCUT2D eigenvalue weighted by Gasteiger charge is 2.35. The van der Waals surface area contributed by atoms with E-state index in [1.165, 1.54) is 0 Å². The van der Waals surface area contributed by atoms with E-state index in [1.807, 2.05) is 12.3 Å². The minimum absolute atomic E-state index is 0.0397. The summed E-state index contributed by atoms with van der Waals surface area (Å²) in [5, 5.41) is 17.4. The van der Waals surface area contributed by atoms with Crippen LogP contribution >= 0.6 is 11.3 Å². The highest BCUT2D eigenvalue weighted by Crippen LogP contribution is 2.41. The van der Waals surface area contributed by atoms with E-state index in [1.54, 1.807) is 11.3 Å². The molecule has 1 aliphatic rings. The molecule has 0 radical (unpaired) electrons. The van der Waals surface area contributed by atoms with Gasteiger partial charge in [-0.15, -0.1) is 11.3 Å². The molecule has 18 heavy (non-hydrogen) atoms. The van der Waals surface area contributed by atoms with Crippen LogP contribution in [0.2, 0.25) is 0 Å². The summed E-state index contributed by atoms with van der Waals surface area (Å²) in [6, 6.07) is -0.133. The van der Waals surface area contributed by atoms with Crippen molar-refractivity contribution in [2.75, 3.05) is 13.2 Å². The number of thiazole rings is 1. The molecular weight excluding hydrogens is 250 g/mol. The van der Waals surface area contributed by atoms with Crippen molar-refractivity contribution in [3.63, 3.8) is 0 Å². The van der Waals surface area contributed by atoms with Crippen LogP contribution in [0, 0.1) is 12.8 Å². The lowest BCUT2D eigenvalue weighted by Gasteiger charge is -2.16. The summed E-state index contributed by atoms with van der Waals surface area (Å²) in [4.78, 5) is 16.2. The molecule has 1 fully saturated rings.